The van der Waals surface area contributed by atoms with Crippen LogP contribution >= 0.6 is 0 Å². The number of pyridine rings is 1. The van der Waals surface area contributed by atoms with Gasteiger partial charge in [0.25, 0.3) is 5.91 Å². The van der Waals surface area contributed by atoms with Crippen LogP contribution < -0.4 is 5.32 Å². The Morgan fingerprint density at radius 3 is 2.79 bits per heavy atom. The largest absolute Gasteiger partial charge is 0.416 e. The van der Waals surface area contributed by atoms with E-state index in [4.69, 9.17) is 9.47 Å². The summed E-state index contributed by atoms with van der Waals surface area (Å²) in [6, 6.07) is 5.73. The molecule has 0 unspecified atom stereocenters. The van der Waals surface area contributed by atoms with Crippen molar-refractivity contribution in [3.63, 3.8) is 0 Å². The Bertz CT molecular complexity index is 1140. The highest BCUT2D eigenvalue weighted by molar-refractivity contribution is 6.04. The van der Waals surface area contributed by atoms with E-state index < -0.39 is 11.7 Å². The van der Waals surface area contributed by atoms with E-state index in [0.717, 1.165) is 6.07 Å². The number of H-pyrrole nitrogens is 1. The fourth-order valence-corrected chi connectivity index (χ4v) is 3.88. The number of methoxy groups -OCH3 is 1. The van der Waals surface area contributed by atoms with Gasteiger partial charge >= 0.3 is 6.18 Å². The van der Waals surface area contributed by atoms with Crippen LogP contribution in [0, 0.1) is 0 Å². The van der Waals surface area contributed by atoms with Gasteiger partial charge in [-0.05, 0) is 24.1 Å². The minimum atomic E-state index is -4.52. The molecular weight excluding hydrogens is 451 g/mol. The predicted molar refractivity (Wildman–Crippen MR) is 119 cm³/mol. The molecule has 0 bridgehead atoms. The summed E-state index contributed by atoms with van der Waals surface area (Å²) in [5.41, 5.74) is 0.700. The maximum atomic E-state index is 13.9. The van der Waals surface area contributed by atoms with Crippen LogP contribution in [0.5, 0.6) is 0 Å². The standard InChI is InChI=1S/C23H26F3N5O3/c1-33-10-2-6-28-22(32)17-5-7-27-21-19(17)29-20(30-21)15-3-4-16(18(13-15)23(24,25)26)14-31-8-11-34-12-9-31/h3-5,7,13H,2,6,8-12,14H2,1H3,(H,28,32)(H,27,29,30). The summed E-state index contributed by atoms with van der Waals surface area (Å²) in [7, 11) is 1.58. The van der Waals surface area contributed by atoms with Gasteiger partial charge in [-0.15, -0.1) is 0 Å². The Balaban J connectivity index is 1.62. The third-order valence-corrected chi connectivity index (χ3v) is 5.63. The zero-order valence-electron chi connectivity index (χ0n) is 18.7. The van der Waals surface area contributed by atoms with Gasteiger partial charge in [-0.25, -0.2) is 9.97 Å². The lowest BCUT2D eigenvalue weighted by Crippen LogP contribution is -2.36. The van der Waals surface area contributed by atoms with E-state index in [1.165, 1.54) is 12.3 Å². The number of hydrogen-bond acceptors (Lipinski definition) is 6. The Hall–Kier alpha value is -3.02. The molecule has 2 aromatic heterocycles. The van der Waals surface area contributed by atoms with Crippen LogP contribution in [0.3, 0.4) is 0 Å². The lowest BCUT2D eigenvalue weighted by atomic mass is 10.0. The molecular formula is C23H26F3N5O3. The van der Waals surface area contributed by atoms with Gasteiger partial charge in [0.1, 0.15) is 5.82 Å². The van der Waals surface area contributed by atoms with Crippen molar-refractivity contribution in [2.24, 2.45) is 0 Å². The number of carbonyl (C=O) groups is 1. The Morgan fingerprint density at radius 1 is 1.26 bits per heavy atom. The highest BCUT2D eigenvalue weighted by Gasteiger charge is 2.34. The van der Waals surface area contributed by atoms with Gasteiger partial charge in [0, 0.05) is 51.7 Å². The van der Waals surface area contributed by atoms with E-state index in [1.54, 1.807) is 19.2 Å². The monoisotopic (exact) mass is 477 g/mol. The summed E-state index contributed by atoms with van der Waals surface area (Å²) >= 11 is 0. The van der Waals surface area contributed by atoms with Gasteiger partial charge in [-0.2, -0.15) is 13.2 Å². The fourth-order valence-electron chi connectivity index (χ4n) is 3.88. The Morgan fingerprint density at radius 2 is 2.06 bits per heavy atom. The van der Waals surface area contributed by atoms with E-state index >= 15 is 0 Å². The normalized spacial score (nSPS) is 15.1. The average Bonchev–Trinajstić information content (AvgIpc) is 3.26. The molecule has 4 rings (SSSR count). The molecule has 1 aliphatic rings. The fraction of sp³-hybridized carbons (Fsp3) is 0.435. The summed E-state index contributed by atoms with van der Waals surface area (Å²) < 4.78 is 51.9. The molecule has 1 aromatic carbocycles. The number of fused-ring (bicyclic) bond motifs is 1. The van der Waals surface area contributed by atoms with Crippen molar-refractivity contribution in [3.8, 4) is 11.4 Å². The van der Waals surface area contributed by atoms with Gasteiger partial charge in [0.05, 0.1) is 29.9 Å². The lowest BCUT2D eigenvalue weighted by molar-refractivity contribution is -0.138. The predicted octanol–water partition coefficient (Wildman–Crippen LogP) is 3.24. The smallest absolute Gasteiger partial charge is 0.385 e. The van der Waals surface area contributed by atoms with Crippen LogP contribution in [0.1, 0.15) is 27.9 Å². The number of morpholine rings is 1. The van der Waals surface area contributed by atoms with Gasteiger partial charge in [0.15, 0.2) is 5.65 Å². The number of alkyl halides is 3. The molecule has 1 aliphatic heterocycles. The summed E-state index contributed by atoms with van der Waals surface area (Å²) in [4.78, 5) is 26.0. The van der Waals surface area contributed by atoms with Crippen LogP contribution in [0.2, 0.25) is 0 Å². The van der Waals surface area contributed by atoms with E-state index in [0.29, 0.717) is 57.0 Å². The first-order valence-corrected chi connectivity index (χ1v) is 11.0. The minimum Gasteiger partial charge on any atom is -0.385 e. The van der Waals surface area contributed by atoms with Crippen molar-refractivity contribution in [1.82, 2.24) is 25.2 Å². The first-order chi connectivity index (χ1) is 16.4. The zero-order chi connectivity index (χ0) is 24.1. The maximum absolute atomic E-state index is 13.9. The molecule has 0 atom stereocenters. The first kappa shape index (κ1) is 24.1. The first-order valence-electron chi connectivity index (χ1n) is 11.0. The van der Waals surface area contributed by atoms with Crippen molar-refractivity contribution in [2.45, 2.75) is 19.1 Å². The van der Waals surface area contributed by atoms with Gasteiger partial charge in [-0.3, -0.25) is 9.69 Å². The molecule has 8 nitrogen and oxygen atoms in total. The summed E-state index contributed by atoms with van der Waals surface area (Å²) in [6.07, 6.45) is -2.42. The summed E-state index contributed by atoms with van der Waals surface area (Å²) in [5, 5.41) is 2.79. The lowest BCUT2D eigenvalue weighted by Gasteiger charge is -2.27. The van der Waals surface area contributed by atoms with E-state index in [9.17, 15) is 18.0 Å². The maximum Gasteiger partial charge on any atom is 0.416 e. The number of halogens is 3. The molecule has 34 heavy (non-hydrogen) atoms. The molecule has 0 radical (unpaired) electrons. The molecule has 0 saturated carbocycles. The van der Waals surface area contributed by atoms with Crippen LogP contribution in [-0.2, 0) is 22.2 Å². The van der Waals surface area contributed by atoms with E-state index in [-0.39, 0.29) is 35.1 Å². The number of nitrogens with one attached hydrogen (secondary N) is 2. The quantitative estimate of drug-likeness (QED) is 0.484. The number of benzene rings is 1. The van der Waals surface area contributed by atoms with E-state index in [1.807, 2.05) is 4.90 Å². The average molecular weight is 477 g/mol. The van der Waals surface area contributed by atoms with Gasteiger partial charge < -0.3 is 19.8 Å². The van der Waals surface area contributed by atoms with Crippen molar-refractivity contribution in [1.29, 1.82) is 0 Å². The van der Waals surface area contributed by atoms with Crippen molar-refractivity contribution < 1.29 is 27.4 Å². The second-order valence-corrected chi connectivity index (χ2v) is 8.00. The molecule has 2 N–H and O–H groups in total. The van der Waals surface area contributed by atoms with Gasteiger partial charge in [-0.1, -0.05) is 12.1 Å². The molecule has 1 amide bonds. The number of nitrogens with zero attached hydrogens (tertiary/aromatic N) is 3. The molecule has 3 aromatic rings. The number of imidazole rings is 1. The number of carbonyl (C=O) groups excluding carboxylic acids is 1. The second kappa shape index (κ2) is 10.5. The van der Waals surface area contributed by atoms with Crippen molar-refractivity contribution in [2.75, 3.05) is 46.6 Å². The molecule has 1 saturated heterocycles. The number of ether oxygens (including phenoxy) is 2. The third kappa shape index (κ3) is 5.54. The molecule has 1 fully saturated rings. The number of aromatic nitrogens is 3. The summed E-state index contributed by atoms with van der Waals surface area (Å²) in [6.45, 7) is 3.32. The van der Waals surface area contributed by atoms with Crippen LogP contribution in [0.4, 0.5) is 13.2 Å². The van der Waals surface area contributed by atoms with Crippen LogP contribution in [0.25, 0.3) is 22.6 Å². The number of rotatable bonds is 8. The number of hydrogen-bond donors (Lipinski definition) is 2. The topological polar surface area (TPSA) is 92.4 Å². The number of aromatic amines is 1. The molecule has 11 heteroatoms. The summed E-state index contributed by atoms with van der Waals surface area (Å²) in [5.74, 6) is -0.110. The molecule has 0 spiro atoms. The SMILES string of the molecule is COCCCNC(=O)c1ccnc2nc(-c3ccc(CN4CCOCC4)c(C(F)(F)F)c3)[nH]c12. The van der Waals surface area contributed by atoms with Crippen molar-refractivity contribution >= 4 is 17.1 Å². The molecule has 0 aliphatic carbocycles. The minimum absolute atomic E-state index is 0.188. The highest BCUT2D eigenvalue weighted by Crippen LogP contribution is 2.35. The molecule has 3 heterocycles. The van der Waals surface area contributed by atoms with E-state index in [2.05, 4.69) is 20.3 Å². The zero-order valence-corrected chi connectivity index (χ0v) is 18.7. The number of amides is 1. The van der Waals surface area contributed by atoms with Crippen LogP contribution in [0.15, 0.2) is 30.5 Å². The van der Waals surface area contributed by atoms with Crippen LogP contribution in [-0.4, -0.2) is 72.3 Å². The Kier molecular flexibility index (Phi) is 7.44. The Labute approximate surface area is 194 Å². The second-order valence-electron chi connectivity index (χ2n) is 8.00. The van der Waals surface area contributed by atoms with Gasteiger partial charge in [0.2, 0.25) is 0 Å². The van der Waals surface area contributed by atoms with Crippen molar-refractivity contribution in [3.05, 3.63) is 47.2 Å². The molecule has 182 valence electrons. The third-order valence-electron chi connectivity index (χ3n) is 5.63. The highest BCUT2D eigenvalue weighted by atomic mass is 19.4.